The van der Waals surface area contributed by atoms with Gasteiger partial charge in [-0.2, -0.15) is 0 Å². The first-order chi connectivity index (χ1) is 10.1. The Kier molecular flexibility index (Phi) is 13.1. The minimum Gasteiger partial charge on any atom is -0.395 e. The number of ether oxygens (including phenoxy) is 1. The molecule has 0 bridgehead atoms. The fourth-order valence-electron chi connectivity index (χ4n) is 1.93. The van der Waals surface area contributed by atoms with E-state index in [2.05, 4.69) is 24.5 Å². The van der Waals surface area contributed by atoms with E-state index >= 15 is 0 Å². The lowest BCUT2D eigenvalue weighted by atomic mass is 9.97. The van der Waals surface area contributed by atoms with Crippen molar-refractivity contribution in [2.75, 3.05) is 32.9 Å². The van der Waals surface area contributed by atoms with E-state index in [-0.39, 0.29) is 31.4 Å². The Morgan fingerprint density at radius 1 is 1.00 bits per heavy atom. The van der Waals surface area contributed by atoms with Crippen LogP contribution < -0.4 is 10.6 Å². The number of carbonyl (C=O) groups excluding carboxylic acids is 2. The van der Waals surface area contributed by atoms with Crippen LogP contribution in [0.1, 0.15) is 46.0 Å². The fourth-order valence-corrected chi connectivity index (χ4v) is 1.93. The van der Waals surface area contributed by atoms with Gasteiger partial charge in [-0.15, -0.1) is 0 Å². The zero-order valence-electron chi connectivity index (χ0n) is 13.3. The van der Waals surface area contributed by atoms with Gasteiger partial charge in [-0.25, -0.2) is 0 Å². The molecule has 0 saturated carbocycles. The molecule has 0 aliphatic heterocycles. The molecule has 0 radical (unpaired) electrons. The van der Waals surface area contributed by atoms with Crippen molar-refractivity contribution in [1.82, 2.24) is 10.6 Å². The van der Waals surface area contributed by atoms with Crippen molar-refractivity contribution in [2.24, 2.45) is 5.92 Å². The average Bonchev–Trinajstić information content (AvgIpc) is 2.49. The molecule has 0 aliphatic carbocycles. The van der Waals surface area contributed by atoms with Gasteiger partial charge in [0.2, 0.25) is 11.8 Å². The molecule has 0 atom stereocenters. The summed E-state index contributed by atoms with van der Waals surface area (Å²) in [6, 6.07) is 0. The van der Waals surface area contributed by atoms with E-state index in [9.17, 15) is 9.59 Å². The van der Waals surface area contributed by atoms with Crippen LogP contribution in [-0.4, -0.2) is 49.8 Å². The van der Waals surface area contributed by atoms with Crippen molar-refractivity contribution in [2.45, 2.75) is 46.0 Å². The van der Waals surface area contributed by atoms with E-state index in [0.717, 1.165) is 19.3 Å². The Morgan fingerprint density at radius 2 is 1.62 bits per heavy atom. The Hall–Kier alpha value is -1.14. The van der Waals surface area contributed by atoms with Crippen molar-refractivity contribution in [3.8, 4) is 0 Å². The molecule has 0 aromatic heterocycles. The van der Waals surface area contributed by atoms with Crippen molar-refractivity contribution in [3.05, 3.63) is 0 Å². The summed E-state index contributed by atoms with van der Waals surface area (Å²) >= 11 is 0. The van der Waals surface area contributed by atoms with Crippen molar-refractivity contribution < 1.29 is 19.4 Å². The predicted octanol–water partition coefficient (Wildman–Crippen LogP) is 0.834. The van der Waals surface area contributed by atoms with Gasteiger partial charge < -0.3 is 20.5 Å². The van der Waals surface area contributed by atoms with E-state index < -0.39 is 0 Å². The Bertz CT molecular complexity index is 281. The van der Waals surface area contributed by atoms with Gasteiger partial charge in [0, 0.05) is 25.9 Å². The Balaban J connectivity index is 3.42. The minimum absolute atomic E-state index is 0.0600. The maximum Gasteiger partial charge on any atom is 0.222 e. The molecule has 0 heterocycles. The summed E-state index contributed by atoms with van der Waals surface area (Å²) in [5, 5.41) is 13.9. The Morgan fingerprint density at radius 3 is 2.24 bits per heavy atom. The lowest BCUT2D eigenvalue weighted by Gasteiger charge is -2.11. The molecule has 3 N–H and O–H groups in total. The number of carbonyl (C=O) groups is 2. The summed E-state index contributed by atoms with van der Waals surface area (Å²) in [6.07, 6.45) is 4.00. The van der Waals surface area contributed by atoms with Gasteiger partial charge in [-0.3, -0.25) is 9.59 Å². The molecule has 0 rings (SSSR count). The van der Waals surface area contributed by atoms with Crippen molar-refractivity contribution in [1.29, 1.82) is 0 Å². The summed E-state index contributed by atoms with van der Waals surface area (Å²) < 4.78 is 5.26. The molecule has 0 aromatic rings. The van der Waals surface area contributed by atoms with E-state index in [1.807, 2.05) is 0 Å². The van der Waals surface area contributed by atoms with E-state index in [4.69, 9.17) is 9.84 Å². The lowest BCUT2D eigenvalue weighted by Crippen LogP contribution is -2.29. The van der Waals surface area contributed by atoms with Crippen LogP contribution in [0.15, 0.2) is 0 Å². The third-order valence-electron chi connectivity index (χ3n) is 3.41. The highest BCUT2D eigenvalue weighted by atomic mass is 16.5. The molecular weight excluding hydrogens is 272 g/mol. The second kappa shape index (κ2) is 13.8. The monoisotopic (exact) mass is 302 g/mol. The predicted molar refractivity (Wildman–Crippen MR) is 81.8 cm³/mol. The number of hydrogen-bond acceptors (Lipinski definition) is 4. The third-order valence-corrected chi connectivity index (χ3v) is 3.41. The molecule has 0 aliphatic rings. The van der Waals surface area contributed by atoms with Crippen LogP contribution in [0.4, 0.5) is 0 Å². The van der Waals surface area contributed by atoms with Gasteiger partial charge in [-0.05, 0) is 12.3 Å². The molecule has 0 fully saturated rings. The standard InChI is InChI=1S/C15H30N2O4/c1-3-13(4-2)5-6-14(19)17-9-12-21-11-7-15(20)16-8-10-18/h13,18H,3-12H2,1-2H3,(H,16,20)(H,17,19). The number of aliphatic hydroxyl groups is 1. The Labute approximate surface area is 127 Å². The van der Waals surface area contributed by atoms with Crippen LogP contribution in [0.3, 0.4) is 0 Å². The number of amides is 2. The average molecular weight is 302 g/mol. The van der Waals surface area contributed by atoms with E-state index in [0.29, 0.717) is 32.1 Å². The molecule has 6 nitrogen and oxygen atoms in total. The summed E-state index contributed by atoms with van der Waals surface area (Å²) in [7, 11) is 0. The third kappa shape index (κ3) is 12.3. The summed E-state index contributed by atoms with van der Waals surface area (Å²) in [4.78, 5) is 22.8. The molecular formula is C15H30N2O4. The van der Waals surface area contributed by atoms with E-state index in [1.165, 1.54) is 0 Å². The molecule has 124 valence electrons. The van der Waals surface area contributed by atoms with Gasteiger partial charge >= 0.3 is 0 Å². The van der Waals surface area contributed by atoms with Gasteiger partial charge in [-0.1, -0.05) is 26.7 Å². The summed E-state index contributed by atoms with van der Waals surface area (Å²) in [6.45, 7) is 5.71. The van der Waals surface area contributed by atoms with Crippen LogP contribution >= 0.6 is 0 Å². The first kappa shape index (κ1) is 19.9. The fraction of sp³-hybridized carbons (Fsp3) is 0.867. The quantitative estimate of drug-likeness (QED) is 0.440. The maximum absolute atomic E-state index is 11.6. The van der Waals surface area contributed by atoms with Crippen molar-refractivity contribution in [3.63, 3.8) is 0 Å². The molecule has 0 saturated heterocycles. The van der Waals surface area contributed by atoms with Gasteiger partial charge in [0.05, 0.1) is 19.8 Å². The minimum atomic E-state index is -0.141. The number of aliphatic hydroxyl groups excluding tert-OH is 1. The van der Waals surface area contributed by atoms with Crippen molar-refractivity contribution >= 4 is 11.8 Å². The first-order valence-corrected chi connectivity index (χ1v) is 7.85. The van der Waals surface area contributed by atoms with Gasteiger partial charge in [0.25, 0.3) is 0 Å². The molecule has 6 heteroatoms. The normalized spacial score (nSPS) is 10.7. The largest absolute Gasteiger partial charge is 0.395 e. The zero-order valence-corrected chi connectivity index (χ0v) is 13.3. The van der Waals surface area contributed by atoms with Gasteiger partial charge in [0.1, 0.15) is 0 Å². The van der Waals surface area contributed by atoms with E-state index in [1.54, 1.807) is 0 Å². The summed E-state index contributed by atoms with van der Waals surface area (Å²) in [5.74, 6) is 0.550. The van der Waals surface area contributed by atoms with Crippen LogP contribution in [-0.2, 0) is 14.3 Å². The first-order valence-electron chi connectivity index (χ1n) is 7.85. The maximum atomic E-state index is 11.6. The second-order valence-electron chi connectivity index (χ2n) is 5.01. The smallest absolute Gasteiger partial charge is 0.222 e. The number of hydrogen-bond donors (Lipinski definition) is 3. The highest BCUT2D eigenvalue weighted by molar-refractivity contribution is 5.76. The number of rotatable bonds is 13. The number of nitrogens with one attached hydrogen (secondary N) is 2. The summed E-state index contributed by atoms with van der Waals surface area (Å²) in [5.41, 5.74) is 0. The second-order valence-corrected chi connectivity index (χ2v) is 5.01. The van der Waals surface area contributed by atoms with Crippen LogP contribution in [0.25, 0.3) is 0 Å². The molecule has 2 amide bonds. The topological polar surface area (TPSA) is 87.7 Å². The zero-order chi connectivity index (χ0) is 15.9. The van der Waals surface area contributed by atoms with Crippen LogP contribution in [0.2, 0.25) is 0 Å². The molecule has 0 spiro atoms. The van der Waals surface area contributed by atoms with Gasteiger partial charge in [0.15, 0.2) is 0 Å². The molecule has 21 heavy (non-hydrogen) atoms. The highest BCUT2D eigenvalue weighted by Gasteiger charge is 2.07. The molecule has 0 aromatic carbocycles. The van der Waals surface area contributed by atoms with Crippen LogP contribution in [0, 0.1) is 5.92 Å². The van der Waals surface area contributed by atoms with Crippen LogP contribution in [0.5, 0.6) is 0 Å². The SMILES string of the molecule is CCC(CC)CCC(=O)NCCOCCC(=O)NCCO. The highest BCUT2D eigenvalue weighted by Crippen LogP contribution is 2.14. The lowest BCUT2D eigenvalue weighted by molar-refractivity contribution is -0.123. The molecule has 0 unspecified atom stereocenters.